The average Bonchev–Trinajstić information content (AvgIpc) is 3.11. The van der Waals surface area contributed by atoms with E-state index in [4.69, 9.17) is 0 Å². The van der Waals surface area contributed by atoms with Crippen molar-refractivity contribution in [2.45, 2.75) is 85.7 Å². The van der Waals surface area contributed by atoms with Crippen LogP contribution in [0.3, 0.4) is 0 Å². The Morgan fingerprint density at radius 1 is 1.24 bits per heavy atom. The van der Waals surface area contributed by atoms with Crippen molar-refractivity contribution in [2.75, 3.05) is 0 Å². The summed E-state index contributed by atoms with van der Waals surface area (Å²) in [5.41, 5.74) is 2.87. The molecule has 4 aliphatic carbocycles. The highest BCUT2D eigenvalue weighted by molar-refractivity contribution is 6.02. The lowest BCUT2D eigenvalue weighted by Crippen LogP contribution is -2.52. The zero-order valence-corrected chi connectivity index (χ0v) is 21.3. The number of ketones is 2. The first-order chi connectivity index (χ1) is 15.8. The zero-order valence-electron chi connectivity index (χ0n) is 21.3. The van der Waals surface area contributed by atoms with E-state index in [0.29, 0.717) is 38.0 Å². The Hall–Kier alpha value is -2.01. The van der Waals surface area contributed by atoms with E-state index in [2.05, 4.69) is 33.4 Å². The summed E-state index contributed by atoms with van der Waals surface area (Å²) in [5.74, 6) is -0.570. The van der Waals surface area contributed by atoms with Gasteiger partial charge in [0.15, 0.2) is 5.78 Å². The summed E-state index contributed by atoms with van der Waals surface area (Å²) in [7, 11) is 0. The number of hydrogen-bond acceptors (Lipinski definition) is 4. The lowest BCUT2D eigenvalue weighted by molar-refractivity contribution is -0.140. The van der Waals surface area contributed by atoms with Crippen LogP contribution in [0.1, 0.15) is 79.6 Å². The SMILES string of the molecule is C=C(CC[C@@H](C)[C@H]1CC=C2C3=C(C(=O)C[C@@]21C)[C@@]1(C)CCC(=O)[C@@H](C)[C@@H]1C[C@@H]3O)C(C)C(=O)O. The molecule has 0 saturated heterocycles. The molecular formula is C29H40O5. The molecule has 8 atom stereocenters. The van der Waals surface area contributed by atoms with Gasteiger partial charge in [-0.05, 0) is 67.9 Å². The Balaban J connectivity index is 1.62. The highest BCUT2D eigenvalue weighted by Gasteiger charge is 2.59. The summed E-state index contributed by atoms with van der Waals surface area (Å²) in [5, 5.41) is 20.6. The van der Waals surface area contributed by atoms with Gasteiger partial charge in [0.05, 0.1) is 12.0 Å². The van der Waals surface area contributed by atoms with E-state index in [1.54, 1.807) is 6.92 Å². The first-order valence-electron chi connectivity index (χ1n) is 12.9. The number of aliphatic hydroxyl groups excluding tert-OH is 1. The van der Waals surface area contributed by atoms with Crippen molar-refractivity contribution in [2.24, 2.45) is 40.4 Å². The molecule has 0 aromatic heterocycles. The van der Waals surface area contributed by atoms with Gasteiger partial charge in [-0.25, -0.2) is 0 Å². The van der Waals surface area contributed by atoms with Crippen LogP contribution < -0.4 is 0 Å². The van der Waals surface area contributed by atoms with Crippen molar-refractivity contribution < 1.29 is 24.6 Å². The second kappa shape index (κ2) is 8.58. The second-order valence-corrected chi connectivity index (χ2v) is 12.0. The Bertz CT molecular complexity index is 1000. The minimum atomic E-state index is -0.844. The van der Waals surface area contributed by atoms with Crippen LogP contribution in [0.5, 0.6) is 0 Å². The van der Waals surface area contributed by atoms with Gasteiger partial charge in [-0.2, -0.15) is 0 Å². The lowest BCUT2D eigenvalue weighted by Gasteiger charge is -2.54. The largest absolute Gasteiger partial charge is 0.481 e. The highest BCUT2D eigenvalue weighted by Crippen LogP contribution is 2.63. The van der Waals surface area contributed by atoms with Crippen LogP contribution >= 0.6 is 0 Å². The van der Waals surface area contributed by atoms with Crippen LogP contribution in [0.4, 0.5) is 0 Å². The number of hydrogen-bond donors (Lipinski definition) is 2. The normalized spacial score (nSPS) is 39.1. The molecule has 0 amide bonds. The summed E-state index contributed by atoms with van der Waals surface area (Å²) in [6, 6.07) is 0. The Labute approximate surface area is 203 Å². The summed E-state index contributed by atoms with van der Waals surface area (Å²) in [6.45, 7) is 14.2. The molecule has 186 valence electrons. The molecule has 0 radical (unpaired) electrons. The highest BCUT2D eigenvalue weighted by atomic mass is 16.4. The van der Waals surface area contributed by atoms with Gasteiger partial charge in [0.1, 0.15) is 5.78 Å². The van der Waals surface area contributed by atoms with E-state index < -0.39 is 18.0 Å². The van der Waals surface area contributed by atoms with Crippen LogP contribution in [-0.4, -0.2) is 33.9 Å². The van der Waals surface area contributed by atoms with E-state index in [1.807, 2.05) is 6.92 Å². The predicted octanol–water partition coefficient (Wildman–Crippen LogP) is 5.29. The first-order valence-corrected chi connectivity index (χ1v) is 12.9. The molecule has 0 aromatic rings. The van der Waals surface area contributed by atoms with E-state index in [1.165, 1.54) is 0 Å². The van der Waals surface area contributed by atoms with Crippen molar-refractivity contribution in [3.63, 3.8) is 0 Å². The van der Waals surface area contributed by atoms with Crippen molar-refractivity contribution in [1.82, 2.24) is 0 Å². The van der Waals surface area contributed by atoms with Crippen LogP contribution in [0, 0.1) is 40.4 Å². The number of fused-ring (bicyclic) bond motifs is 4. The molecule has 4 aliphatic rings. The number of allylic oxidation sites excluding steroid dienone is 2. The molecule has 1 saturated carbocycles. The monoisotopic (exact) mass is 468 g/mol. The molecule has 0 spiro atoms. The van der Waals surface area contributed by atoms with E-state index >= 15 is 0 Å². The summed E-state index contributed by atoms with van der Waals surface area (Å²) < 4.78 is 0. The van der Waals surface area contributed by atoms with Crippen molar-refractivity contribution in [3.05, 3.63) is 34.9 Å². The van der Waals surface area contributed by atoms with Gasteiger partial charge in [-0.3, -0.25) is 14.4 Å². The molecule has 1 unspecified atom stereocenters. The number of Topliss-reactive ketones (excluding diaryl/α,β-unsaturated/α-hetero) is 2. The molecular weight excluding hydrogens is 428 g/mol. The predicted molar refractivity (Wildman–Crippen MR) is 131 cm³/mol. The zero-order chi connectivity index (χ0) is 25.2. The fraction of sp³-hybridized carbons (Fsp3) is 0.690. The summed E-state index contributed by atoms with van der Waals surface area (Å²) >= 11 is 0. The second-order valence-electron chi connectivity index (χ2n) is 12.0. The summed E-state index contributed by atoms with van der Waals surface area (Å²) in [6.07, 6.45) is 6.07. The van der Waals surface area contributed by atoms with Gasteiger partial charge in [0.2, 0.25) is 0 Å². The van der Waals surface area contributed by atoms with Crippen LogP contribution in [0.25, 0.3) is 0 Å². The molecule has 2 N–H and O–H groups in total. The molecule has 1 fully saturated rings. The first kappa shape index (κ1) is 25.1. The number of aliphatic hydroxyl groups is 1. The molecule has 0 aromatic carbocycles. The van der Waals surface area contributed by atoms with Crippen molar-refractivity contribution in [3.8, 4) is 0 Å². The number of rotatable bonds is 6. The van der Waals surface area contributed by atoms with E-state index in [0.717, 1.165) is 35.1 Å². The standard InChI is InChI=1S/C29H40O5/c1-15(17(3)27(33)34)7-8-16(2)19-9-10-20-25-23(31)13-21-18(4)22(30)11-12-28(21,5)26(25)24(32)14-29(19,20)6/h10,16-19,21,23,31H,1,7-9,11-14H2,2-6H3,(H,33,34)/t16-,17?,18+,19-,21+,23+,28+,29-/m1/s1. The number of carbonyl (C=O) groups excluding carboxylic acids is 2. The lowest BCUT2D eigenvalue weighted by atomic mass is 9.49. The minimum absolute atomic E-state index is 0.00904. The fourth-order valence-electron chi connectivity index (χ4n) is 7.83. The van der Waals surface area contributed by atoms with Gasteiger partial charge in [0.25, 0.3) is 0 Å². The van der Waals surface area contributed by atoms with Crippen LogP contribution in [-0.2, 0) is 14.4 Å². The molecule has 34 heavy (non-hydrogen) atoms. The molecule has 5 heteroatoms. The molecule has 0 bridgehead atoms. The summed E-state index contributed by atoms with van der Waals surface area (Å²) in [4.78, 5) is 37.5. The fourth-order valence-corrected chi connectivity index (χ4v) is 7.83. The van der Waals surface area contributed by atoms with Crippen LogP contribution in [0.15, 0.2) is 34.9 Å². The van der Waals surface area contributed by atoms with Crippen LogP contribution in [0.2, 0.25) is 0 Å². The van der Waals surface area contributed by atoms with E-state index in [9.17, 15) is 24.6 Å². The number of aliphatic carboxylic acids is 1. The minimum Gasteiger partial charge on any atom is -0.481 e. The van der Waals surface area contributed by atoms with Crippen molar-refractivity contribution in [1.29, 1.82) is 0 Å². The maximum absolute atomic E-state index is 13.8. The average molecular weight is 469 g/mol. The Morgan fingerprint density at radius 3 is 2.56 bits per heavy atom. The topological polar surface area (TPSA) is 91.7 Å². The van der Waals surface area contributed by atoms with E-state index in [-0.39, 0.29) is 40.2 Å². The molecule has 5 nitrogen and oxygen atoms in total. The number of carbonyl (C=O) groups is 3. The van der Waals surface area contributed by atoms with Gasteiger partial charge >= 0.3 is 5.97 Å². The third-order valence-corrected chi connectivity index (χ3v) is 10.2. The molecule has 4 rings (SSSR count). The quantitative estimate of drug-likeness (QED) is 0.517. The molecule has 0 aliphatic heterocycles. The molecule has 0 heterocycles. The third kappa shape index (κ3) is 3.66. The van der Waals surface area contributed by atoms with Gasteiger partial charge in [-0.15, -0.1) is 0 Å². The maximum atomic E-state index is 13.8. The number of carboxylic acids is 1. The Kier molecular flexibility index (Phi) is 6.33. The number of carboxylic acid groups (broad SMARTS) is 1. The van der Waals surface area contributed by atoms with Crippen molar-refractivity contribution >= 4 is 17.5 Å². The Morgan fingerprint density at radius 2 is 1.91 bits per heavy atom. The van der Waals surface area contributed by atoms with Gasteiger partial charge < -0.3 is 10.2 Å². The maximum Gasteiger partial charge on any atom is 0.310 e. The van der Waals surface area contributed by atoms with Gasteiger partial charge in [-0.1, -0.05) is 45.9 Å². The third-order valence-electron chi connectivity index (χ3n) is 10.2. The van der Waals surface area contributed by atoms with Gasteiger partial charge in [0, 0.05) is 35.2 Å². The smallest absolute Gasteiger partial charge is 0.310 e.